The summed E-state index contributed by atoms with van der Waals surface area (Å²) in [7, 11) is 0. The van der Waals surface area contributed by atoms with Crippen LogP contribution in [0.25, 0.3) is 53.9 Å². The fourth-order valence-corrected chi connectivity index (χ4v) is 4.68. The smallest absolute Gasteiger partial charge is 0.00201 e. The molecule has 139 valence electrons. The van der Waals surface area contributed by atoms with E-state index in [1.807, 2.05) is 6.07 Å². The summed E-state index contributed by atoms with van der Waals surface area (Å²) in [5.41, 5.74) is 0. The van der Waals surface area contributed by atoms with Crippen molar-refractivity contribution in [2.75, 3.05) is 0 Å². The van der Waals surface area contributed by atoms with Crippen molar-refractivity contribution >= 4 is 53.9 Å². The first-order valence-electron chi connectivity index (χ1n) is 10.3. The zero-order valence-electron chi connectivity index (χ0n) is 16.5. The molecule has 0 heterocycles. The minimum Gasteiger partial charge on any atom is -0.0616 e. The van der Waals surface area contributed by atoms with E-state index in [-0.39, 0.29) is 0 Å². The monoisotopic (exact) mass is 379 g/mol. The van der Waals surface area contributed by atoms with Crippen LogP contribution < -0.4 is 0 Å². The van der Waals surface area contributed by atoms with Crippen LogP contribution in [0, 0.1) is 6.07 Å². The molecule has 0 aliphatic rings. The Labute approximate surface area is 175 Å². The molecular formula is C30H19. The van der Waals surface area contributed by atoms with Gasteiger partial charge in [-0.15, -0.1) is 0 Å². The number of hydrogen-bond donors (Lipinski definition) is 0. The van der Waals surface area contributed by atoms with Gasteiger partial charge in [-0.3, -0.25) is 0 Å². The quantitative estimate of drug-likeness (QED) is 0.249. The SMILES string of the molecule is [c]1cccc2c1c1ccccc1c1ccccc1c1ccccc1c1ccccc21. The Morgan fingerprint density at radius 3 is 0.933 bits per heavy atom. The van der Waals surface area contributed by atoms with Gasteiger partial charge in [-0.25, -0.2) is 0 Å². The van der Waals surface area contributed by atoms with Crippen LogP contribution in [0.5, 0.6) is 0 Å². The highest BCUT2D eigenvalue weighted by atomic mass is 14.1. The molecule has 0 aliphatic heterocycles. The molecule has 0 atom stereocenters. The number of fused-ring (bicyclic) bond motifs is 10. The molecule has 6 aromatic carbocycles. The van der Waals surface area contributed by atoms with Crippen LogP contribution in [0.4, 0.5) is 0 Å². The lowest BCUT2D eigenvalue weighted by molar-refractivity contribution is 1.77. The molecule has 6 aromatic rings. The standard InChI is InChI=1S/C30H19/c1-2-12-22-21(11-1)23-13-3-4-15-25(23)27-17-7-8-19-29(27)30-20-10-9-18-28(30)26-16-6-5-14-24(22)26/h1-19H. The molecule has 0 nitrogen and oxygen atoms in total. The largest absolute Gasteiger partial charge is 0.0616 e. The second kappa shape index (κ2) is 6.86. The van der Waals surface area contributed by atoms with Gasteiger partial charge in [0.25, 0.3) is 0 Å². The first-order chi connectivity index (χ1) is 14.9. The number of benzene rings is 5. The highest BCUT2D eigenvalue weighted by molar-refractivity contribution is 6.25. The van der Waals surface area contributed by atoms with Gasteiger partial charge in [0.15, 0.2) is 0 Å². The summed E-state index contributed by atoms with van der Waals surface area (Å²) in [6.45, 7) is 0. The minimum absolute atomic E-state index is 1.15. The third-order valence-electron chi connectivity index (χ3n) is 5.99. The average molecular weight is 379 g/mol. The molecule has 0 heteroatoms. The van der Waals surface area contributed by atoms with Gasteiger partial charge in [-0.05, 0) is 59.9 Å². The van der Waals surface area contributed by atoms with Crippen LogP contribution in [0.1, 0.15) is 0 Å². The summed E-state index contributed by atoms with van der Waals surface area (Å²) < 4.78 is 0. The molecule has 0 fully saturated rings. The van der Waals surface area contributed by atoms with E-state index in [0.717, 1.165) is 5.39 Å². The predicted octanol–water partition coefficient (Wildman–Crippen LogP) is 8.38. The van der Waals surface area contributed by atoms with Crippen molar-refractivity contribution in [2.24, 2.45) is 0 Å². The Kier molecular flexibility index (Phi) is 3.89. The lowest BCUT2D eigenvalue weighted by atomic mass is 9.95. The molecule has 0 unspecified atom stereocenters. The van der Waals surface area contributed by atoms with Crippen molar-refractivity contribution in [1.29, 1.82) is 0 Å². The van der Waals surface area contributed by atoms with E-state index >= 15 is 0 Å². The fraction of sp³-hybridized carbons (Fsp3) is 0. The maximum atomic E-state index is 3.56. The Bertz CT molecular complexity index is 1180. The van der Waals surface area contributed by atoms with Gasteiger partial charge >= 0.3 is 0 Å². The average Bonchev–Trinajstić information content (AvgIpc) is 2.84. The lowest BCUT2D eigenvalue weighted by Crippen LogP contribution is -1.82. The van der Waals surface area contributed by atoms with Crippen LogP contribution in [0.2, 0.25) is 0 Å². The van der Waals surface area contributed by atoms with Gasteiger partial charge in [0.05, 0.1) is 0 Å². The van der Waals surface area contributed by atoms with Crippen molar-refractivity contribution < 1.29 is 0 Å². The predicted molar refractivity (Wildman–Crippen MR) is 130 cm³/mol. The van der Waals surface area contributed by atoms with Crippen molar-refractivity contribution in [3.63, 3.8) is 0 Å². The van der Waals surface area contributed by atoms with Gasteiger partial charge in [-0.2, -0.15) is 0 Å². The maximum Gasteiger partial charge on any atom is -0.00201 e. The molecule has 0 bridgehead atoms. The summed E-state index contributed by atoms with van der Waals surface area (Å²) in [5.74, 6) is 0. The molecule has 30 heavy (non-hydrogen) atoms. The molecular weight excluding hydrogens is 360 g/mol. The van der Waals surface area contributed by atoms with Crippen molar-refractivity contribution in [3.05, 3.63) is 121 Å². The van der Waals surface area contributed by atoms with Crippen molar-refractivity contribution in [1.82, 2.24) is 0 Å². The van der Waals surface area contributed by atoms with Crippen molar-refractivity contribution in [2.45, 2.75) is 0 Å². The van der Waals surface area contributed by atoms with Crippen LogP contribution >= 0.6 is 0 Å². The van der Waals surface area contributed by atoms with E-state index in [4.69, 9.17) is 0 Å². The second-order valence-electron chi connectivity index (χ2n) is 7.64. The van der Waals surface area contributed by atoms with Crippen molar-refractivity contribution in [3.8, 4) is 0 Å². The van der Waals surface area contributed by atoms with Crippen LogP contribution in [0.3, 0.4) is 0 Å². The number of rotatable bonds is 0. The Hall–Kier alpha value is -3.90. The molecule has 1 radical (unpaired) electrons. The van der Waals surface area contributed by atoms with E-state index in [1.54, 1.807) is 0 Å². The fourth-order valence-electron chi connectivity index (χ4n) is 4.68. The topological polar surface area (TPSA) is 0 Å². The first kappa shape index (κ1) is 17.0. The summed E-state index contributed by atoms with van der Waals surface area (Å²) in [6, 6.07) is 44.8. The normalized spacial score (nSPS) is 11.3. The molecule has 0 saturated heterocycles. The third-order valence-corrected chi connectivity index (χ3v) is 5.99. The molecule has 0 aromatic heterocycles. The molecule has 0 N–H and O–H groups in total. The van der Waals surface area contributed by atoms with Crippen LogP contribution in [0.15, 0.2) is 115 Å². The summed E-state index contributed by atoms with van der Waals surface area (Å²) in [6.07, 6.45) is 0. The summed E-state index contributed by atoms with van der Waals surface area (Å²) >= 11 is 0. The Morgan fingerprint density at radius 1 is 0.300 bits per heavy atom. The molecule has 0 spiro atoms. The highest BCUT2D eigenvalue weighted by Gasteiger charge is 2.07. The van der Waals surface area contributed by atoms with E-state index in [9.17, 15) is 0 Å². The summed E-state index contributed by atoms with van der Waals surface area (Å²) in [5, 5.41) is 12.4. The minimum atomic E-state index is 1.15. The van der Waals surface area contributed by atoms with Gasteiger partial charge < -0.3 is 0 Å². The van der Waals surface area contributed by atoms with Gasteiger partial charge in [-0.1, -0.05) is 115 Å². The molecule has 6 rings (SSSR count). The summed E-state index contributed by atoms with van der Waals surface area (Å²) in [4.78, 5) is 0. The maximum absolute atomic E-state index is 3.56. The number of hydrogen-bond acceptors (Lipinski definition) is 0. The molecule has 0 amide bonds. The van der Waals surface area contributed by atoms with E-state index < -0.39 is 0 Å². The van der Waals surface area contributed by atoms with Crippen LogP contribution in [-0.2, 0) is 0 Å². The third kappa shape index (κ3) is 2.54. The zero-order valence-corrected chi connectivity index (χ0v) is 16.5. The zero-order chi connectivity index (χ0) is 19.9. The molecule has 0 saturated carbocycles. The molecule has 0 aliphatic carbocycles. The highest BCUT2D eigenvalue weighted by Crippen LogP contribution is 2.35. The first-order valence-corrected chi connectivity index (χ1v) is 10.3. The second-order valence-corrected chi connectivity index (χ2v) is 7.64. The Balaban J connectivity index is 2.14. The van der Waals surface area contributed by atoms with Gasteiger partial charge in [0.2, 0.25) is 0 Å². The van der Waals surface area contributed by atoms with E-state index in [1.165, 1.54) is 48.5 Å². The van der Waals surface area contributed by atoms with Gasteiger partial charge in [0, 0.05) is 0 Å². The Morgan fingerprint density at radius 2 is 0.567 bits per heavy atom. The van der Waals surface area contributed by atoms with E-state index in [2.05, 4.69) is 115 Å². The van der Waals surface area contributed by atoms with E-state index in [0.29, 0.717) is 0 Å². The lowest BCUT2D eigenvalue weighted by Gasteiger charge is -2.09. The van der Waals surface area contributed by atoms with Crippen LogP contribution in [-0.4, -0.2) is 0 Å². The van der Waals surface area contributed by atoms with Gasteiger partial charge in [0.1, 0.15) is 0 Å².